The van der Waals surface area contributed by atoms with Crippen LogP contribution < -0.4 is 5.32 Å². The first kappa shape index (κ1) is 17.5. The summed E-state index contributed by atoms with van der Waals surface area (Å²) in [5.74, 6) is -0.478. The largest absolute Gasteiger partial charge is 0.469 e. The molecule has 120 valence electrons. The third-order valence-electron chi connectivity index (χ3n) is 3.84. The number of carbonyl (C=O) groups excluding carboxylic acids is 3. The molecule has 0 aromatic carbocycles. The van der Waals surface area contributed by atoms with Gasteiger partial charge in [0, 0.05) is 32.5 Å². The molecule has 1 atom stereocenters. The van der Waals surface area contributed by atoms with E-state index in [4.69, 9.17) is 4.74 Å². The number of nitrogens with zero attached hydrogens (tertiary/aromatic N) is 1. The summed E-state index contributed by atoms with van der Waals surface area (Å²) in [7, 11) is 1.35. The molecule has 1 fully saturated rings. The van der Waals surface area contributed by atoms with E-state index in [1.165, 1.54) is 14.0 Å². The smallest absolute Gasteiger partial charge is 0.310 e. The van der Waals surface area contributed by atoms with E-state index in [0.717, 1.165) is 19.3 Å². The number of ether oxygens (including phenoxy) is 1. The summed E-state index contributed by atoms with van der Waals surface area (Å²) in [6, 6.07) is 0. The first-order valence-electron chi connectivity index (χ1n) is 7.56. The SMILES string of the molecule is COC(=O)C(C)CN(CCCNC(C)=O)C(=O)C1CCC1. The number of nitrogens with one attached hydrogen (secondary N) is 1. The van der Waals surface area contributed by atoms with Crippen LogP contribution in [0, 0.1) is 11.8 Å². The molecule has 0 aliphatic heterocycles. The van der Waals surface area contributed by atoms with Gasteiger partial charge in [-0.2, -0.15) is 0 Å². The molecule has 0 radical (unpaired) electrons. The molecule has 1 aliphatic rings. The first-order chi connectivity index (χ1) is 9.95. The van der Waals surface area contributed by atoms with Crippen molar-refractivity contribution < 1.29 is 19.1 Å². The van der Waals surface area contributed by atoms with Gasteiger partial charge < -0.3 is 15.0 Å². The van der Waals surface area contributed by atoms with Gasteiger partial charge >= 0.3 is 5.97 Å². The Morgan fingerprint density at radius 2 is 2.00 bits per heavy atom. The van der Waals surface area contributed by atoms with Gasteiger partial charge in [-0.15, -0.1) is 0 Å². The van der Waals surface area contributed by atoms with Crippen LogP contribution in [0.5, 0.6) is 0 Å². The predicted molar refractivity (Wildman–Crippen MR) is 78.4 cm³/mol. The van der Waals surface area contributed by atoms with Crippen molar-refractivity contribution in [2.24, 2.45) is 11.8 Å². The Bertz CT molecular complexity index is 380. The average Bonchev–Trinajstić information content (AvgIpc) is 2.38. The summed E-state index contributed by atoms with van der Waals surface area (Å²) >= 11 is 0. The molecule has 21 heavy (non-hydrogen) atoms. The Morgan fingerprint density at radius 3 is 2.48 bits per heavy atom. The number of amides is 2. The van der Waals surface area contributed by atoms with E-state index in [2.05, 4.69) is 5.32 Å². The molecule has 0 aromatic rings. The lowest BCUT2D eigenvalue weighted by atomic mass is 9.84. The maximum Gasteiger partial charge on any atom is 0.310 e. The van der Waals surface area contributed by atoms with Crippen molar-refractivity contribution in [3.63, 3.8) is 0 Å². The highest BCUT2D eigenvalue weighted by atomic mass is 16.5. The van der Waals surface area contributed by atoms with Crippen LogP contribution in [0.4, 0.5) is 0 Å². The Balaban J connectivity index is 2.50. The second-order valence-electron chi connectivity index (χ2n) is 5.67. The van der Waals surface area contributed by atoms with Crippen LogP contribution in [0.3, 0.4) is 0 Å². The van der Waals surface area contributed by atoms with Gasteiger partial charge in [-0.3, -0.25) is 14.4 Å². The summed E-state index contributed by atoms with van der Waals surface area (Å²) in [6.45, 7) is 4.70. The van der Waals surface area contributed by atoms with E-state index in [-0.39, 0.29) is 29.6 Å². The van der Waals surface area contributed by atoms with Gasteiger partial charge in [0.25, 0.3) is 0 Å². The van der Waals surface area contributed by atoms with Crippen molar-refractivity contribution in [1.29, 1.82) is 0 Å². The predicted octanol–water partition coefficient (Wildman–Crippen LogP) is 0.950. The fourth-order valence-electron chi connectivity index (χ4n) is 2.35. The molecule has 6 nitrogen and oxygen atoms in total. The molecule has 0 spiro atoms. The number of hydrogen-bond donors (Lipinski definition) is 1. The van der Waals surface area contributed by atoms with Crippen LogP contribution in [0.25, 0.3) is 0 Å². The minimum Gasteiger partial charge on any atom is -0.469 e. The molecule has 1 rings (SSSR count). The quantitative estimate of drug-likeness (QED) is 0.535. The molecule has 1 aliphatic carbocycles. The minimum absolute atomic E-state index is 0.0743. The van der Waals surface area contributed by atoms with Gasteiger partial charge in [0.1, 0.15) is 0 Å². The van der Waals surface area contributed by atoms with E-state index >= 15 is 0 Å². The van der Waals surface area contributed by atoms with Crippen LogP contribution in [0.2, 0.25) is 0 Å². The highest BCUT2D eigenvalue weighted by Gasteiger charge is 2.30. The minimum atomic E-state index is -0.334. The maximum absolute atomic E-state index is 12.4. The Morgan fingerprint density at radius 1 is 1.33 bits per heavy atom. The van der Waals surface area contributed by atoms with E-state index < -0.39 is 0 Å². The molecular weight excluding hydrogens is 272 g/mol. The van der Waals surface area contributed by atoms with E-state index in [1.54, 1.807) is 11.8 Å². The highest BCUT2D eigenvalue weighted by molar-refractivity contribution is 5.80. The molecule has 1 N–H and O–H groups in total. The van der Waals surface area contributed by atoms with Crippen molar-refractivity contribution in [3.8, 4) is 0 Å². The first-order valence-corrected chi connectivity index (χ1v) is 7.56. The normalized spacial score (nSPS) is 15.8. The maximum atomic E-state index is 12.4. The molecule has 0 aromatic heterocycles. The van der Waals surface area contributed by atoms with Crippen molar-refractivity contribution in [2.45, 2.75) is 39.5 Å². The Labute approximate surface area is 126 Å². The van der Waals surface area contributed by atoms with Crippen molar-refractivity contribution in [2.75, 3.05) is 26.7 Å². The topological polar surface area (TPSA) is 75.7 Å². The lowest BCUT2D eigenvalue weighted by molar-refractivity contribution is -0.147. The van der Waals surface area contributed by atoms with Gasteiger partial charge in [0.05, 0.1) is 13.0 Å². The number of rotatable bonds is 8. The zero-order chi connectivity index (χ0) is 15.8. The van der Waals surface area contributed by atoms with E-state index in [0.29, 0.717) is 26.1 Å². The van der Waals surface area contributed by atoms with Gasteiger partial charge in [-0.1, -0.05) is 13.3 Å². The van der Waals surface area contributed by atoms with E-state index in [1.807, 2.05) is 0 Å². The van der Waals surface area contributed by atoms with Gasteiger partial charge in [0.15, 0.2) is 0 Å². The molecule has 2 amide bonds. The standard InChI is InChI=1S/C15H26N2O4/c1-11(15(20)21-3)10-17(9-5-8-16-12(2)18)14(19)13-6-4-7-13/h11,13H,4-10H2,1-3H3,(H,16,18). The molecule has 6 heteroatoms. The summed E-state index contributed by atoms with van der Waals surface area (Å²) in [6.07, 6.45) is 3.66. The zero-order valence-electron chi connectivity index (χ0n) is 13.2. The Hall–Kier alpha value is -1.59. The molecule has 0 bridgehead atoms. The highest BCUT2D eigenvalue weighted by Crippen LogP contribution is 2.28. The zero-order valence-corrected chi connectivity index (χ0v) is 13.2. The van der Waals surface area contributed by atoms with Crippen molar-refractivity contribution in [1.82, 2.24) is 10.2 Å². The second-order valence-corrected chi connectivity index (χ2v) is 5.67. The second kappa shape index (κ2) is 8.64. The molecule has 1 saturated carbocycles. The summed E-state index contributed by atoms with van der Waals surface area (Å²) in [5.41, 5.74) is 0. The fourth-order valence-corrected chi connectivity index (χ4v) is 2.35. The fraction of sp³-hybridized carbons (Fsp3) is 0.800. The summed E-state index contributed by atoms with van der Waals surface area (Å²) in [5, 5.41) is 2.72. The third-order valence-corrected chi connectivity index (χ3v) is 3.84. The van der Waals surface area contributed by atoms with Crippen LogP contribution in [-0.2, 0) is 19.1 Å². The number of hydrogen-bond acceptors (Lipinski definition) is 4. The van der Waals surface area contributed by atoms with Crippen LogP contribution in [0.15, 0.2) is 0 Å². The van der Waals surface area contributed by atoms with Gasteiger partial charge in [0.2, 0.25) is 11.8 Å². The summed E-state index contributed by atoms with van der Waals surface area (Å²) < 4.78 is 4.72. The van der Waals surface area contributed by atoms with Crippen LogP contribution in [0.1, 0.15) is 39.5 Å². The summed E-state index contributed by atoms with van der Waals surface area (Å²) in [4.78, 5) is 36.5. The molecule has 0 saturated heterocycles. The number of esters is 1. The van der Waals surface area contributed by atoms with Crippen LogP contribution in [-0.4, -0.2) is 49.4 Å². The van der Waals surface area contributed by atoms with Crippen molar-refractivity contribution >= 4 is 17.8 Å². The molecular formula is C15H26N2O4. The number of carbonyl (C=O) groups is 3. The lowest BCUT2D eigenvalue weighted by Gasteiger charge is -2.32. The number of methoxy groups -OCH3 is 1. The lowest BCUT2D eigenvalue weighted by Crippen LogP contribution is -2.43. The molecule has 1 unspecified atom stereocenters. The van der Waals surface area contributed by atoms with Gasteiger partial charge in [-0.25, -0.2) is 0 Å². The average molecular weight is 298 g/mol. The molecule has 0 heterocycles. The Kier molecular flexibility index (Phi) is 7.19. The third kappa shape index (κ3) is 5.73. The van der Waals surface area contributed by atoms with E-state index in [9.17, 15) is 14.4 Å². The van der Waals surface area contributed by atoms with Crippen LogP contribution >= 0.6 is 0 Å². The monoisotopic (exact) mass is 298 g/mol. The van der Waals surface area contributed by atoms with Crippen molar-refractivity contribution in [3.05, 3.63) is 0 Å². The van der Waals surface area contributed by atoms with Gasteiger partial charge in [-0.05, 0) is 19.3 Å².